The van der Waals surface area contributed by atoms with Gasteiger partial charge in [-0.15, -0.1) is 0 Å². The van der Waals surface area contributed by atoms with Gasteiger partial charge < -0.3 is 10.6 Å². The highest BCUT2D eigenvalue weighted by Gasteiger charge is 2.29. The third-order valence-electron chi connectivity index (χ3n) is 4.32. The molecule has 1 aliphatic heterocycles. The van der Waals surface area contributed by atoms with E-state index in [0.29, 0.717) is 30.2 Å². The van der Waals surface area contributed by atoms with Gasteiger partial charge in [0.05, 0.1) is 5.92 Å². The maximum absolute atomic E-state index is 12.4. The molecule has 3 nitrogen and oxygen atoms in total. The lowest BCUT2D eigenvalue weighted by atomic mass is 9.78. The summed E-state index contributed by atoms with van der Waals surface area (Å²) in [6.07, 6.45) is 3.25. The van der Waals surface area contributed by atoms with Crippen LogP contribution in [0, 0.1) is 23.7 Å². The second-order valence-corrected chi connectivity index (χ2v) is 6.35. The summed E-state index contributed by atoms with van der Waals surface area (Å²) >= 11 is 0. The number of likely N-dealkylation sites (tertiary alicyclic amines) is 1. The first-order chi connectivity index (χ1) is 8.47. The van der Waals surface area contributed by atoms with Crippen molar-refractivity contribution in [3.63, 3.8) is 0 Å². The number of hydrogen-bond donors (Lipinski definition) is 1. The summed E-state index contributed by atoms with van der Waals surface area (Å²) in [7, 11) is 0. The minimum Gasteiger partial charge on any atom is -0.342 e. The fourth-order valence-electron chi connectivity index (χ4n) is 3.14. The van der Waals surface area contributed by atoms with Gasteiger partial charge in [-0.3, -0.25) is 4.79 Å². The van der Waals surface area contributed by atoms with E-state index in [1.165, 1.54) is 0 Å². The van der Waals surface area contributed by atoms with Crippen LogP contribution in [0.4, 0.5) is 0 Å². The standard InChI is InChI=1S/C15H30N2O/c1-11(2)14(12(3)4)9-13(10-16)15(18)17-7-5-6-8-17/h11-14H,5-10,16H2,1-4H3. The molecule has 1 atom stereocenters. The smallest absolute Gasteiger partial charge is 0.226 e. The summed E-state index contributed by atoms with van der Waals surface area (Å²) in [5.41, 5.74) is 5.84. The van der Waals surface area contributed by atoms with E-state index >= 15 is 0 Å². The summed E-state index contributed by atoms with van der Waals surface area (Å²) in [5.74, 6) is 2.14. The summed E-state index contributed by atoms with van der Waals surface area (Å²) in [5, 5.41) is 0. The highest BCUT2D eigenvalue weighted by molar-refractivity contribution is 5.79. The molecule has 18 heavy (non-hydrogen) atoms. The third kappa shape index (κ3) is 3.98. The maximum Gasteiger partial charge on any atom is 0.226 e. The Morgan fingerprint density at radius 3 is 2.00 bits per heavy atom. The average molecular weight is 254 g/mol. The SMILES string of the molecule is CC(C)C(CC(CN)C(=O)N1CCCC1)C(C)C. The number of nitrogens with zero attached hydrogens (tertiary/aromatic N) is 1. The Bertz CT molecular complexity index is 249. The van der Waals surface area contributed by atoms with Crippen molar-refractivity contribution in [1.82, 2.24) is 4.90 Å². The first-order valence-corrected chi connectivity index (χ1v) is 7.46. The lowest BCUT2D eigenvalue weighted by Crippen LogP contribution is -2.39. The zero-order valence-electron chi connectivity index (χ0n) is 12.5. The molecule has 0 aliphatic carbocycles. The van der Waals surface area contributed by atoms with Crippen molar-refractivity contribution >= 4 is 5.91 Å². The van der Waals surface area contributed by atoms with Crippen LogP contribution in [0.5, 0.6) is 0 Å². The largest absolute Gasteiger partial charge is 0.342 e. The van der Waals surface area contributed by atoms with Gasteiger partial charge in [-0.05, 0) is 37.0 Å². The lowest BCUT2D eigenvalue weighted by Gasteiger charge is -2.30. The molecular formula is C15H30N2O. The number of nitrogens with two attached hydrogens (primary N) is 1. The highest BCUT2D eigenvalue weighted by Crippen LogP contribution is 2.28. The predicted octanol–water partition coefficient (Wildman–Crippen LogP) is 2.50. The van der Waals surface area contributed by atoms with E-state index in [-0.39, 0.29) is 5.92 Å². The van der Waals surface area contributed by atoms with Crippen molar-refractivity contribution in [2.45, 2.75) is 47.0 Å². The topological polar surface area (TPSA) is 46.3 Å². The Labute approximate surface area is 112 Å². The van der Waals surface area contributed by atoms with Gasteiger partial charge in [0, 0.05) is 19.6 Å². The van der Waals surface area contributed by atoms with Gasteiger partial charge in [0.1, 0.15) is 0 Å². The molecule has 1 saturated heterocycles. The molecule has 0 aromatic carbocycles. The Morgan fingerprint density at radius 2 is 1.61 bits per heavy atom. The Morgan fingerprint density at radius 1 is 1.11 bits per heavy atom. The molecule has 0 spiro atoms. The molecule has 106 valence electrons. The molecule has 1 heterocycles. The molecule has 1 rings (SSSR count). The van der Waals surface area contributed by atoms with Crippen LogP contribution in [-0.4, -0.2) is 30.4 Å². The zero-order valence-corrected chi connectivity index (χ0v) is 12.5. The Balaban J connectivity index is 2.61. The van der Waals surface area contributed by atoms with Crippen molar-refractivity contribution in [1.29, 1.82) is 0 Å². The van der Waals surface area contributed by atoms with E-state index in [1.807, 2.05) is 4.90 Å². The summed E-state index contributed by atoms with van der Waals surface area (Å²) in [6, 6.07) is 0. The number of amides is 1. The normalized spacial score (nSPS) is 18.1. The maximum atomic E-state index is 12.4. The zero-order chi connectivity index (χ0) is 13.7. The molecule has 1 unspecified atom stereocenters. The van der Waals surface area contributed by atoms with Crippen LogP contribution in [0.3, 0.4) is 0 Å². The van der Waals surface area contributed by atoms with Crippen LogP contribution in [0.25, 0.3) is 0 Å². The van der Waals surface area contributed by atoms with Gasteiger partial charge in [-0.2, -0.15) is 0 Å². The molecule has 3 heteroatoms. The molecule has 0 aromatic rings. The van der Waals surface area contributed by atoms with Gasteiger partial charge in [0.15, 0.2) is 0 Å². The summed E-state index contributed by atoms with van der Waals surface area (Å²) in [4.78, 5) is 14.4. The van der Waals surface area contributed by atoms with E-state index in [0.717, 1.165) is 32.4 Å². The van der Waals surface area contributed by atoms with E-state index in [4.69, 9.17) is 5.73 Å². The minimum absolute atomic E-state index is 0.0258. The molecule has 0 aromatic heterocycles. The van der Waals surface area contributed by atoms with Gasteiger partial charge in [0.2, 0.25) is 5.91 Å². The van der Waals surface area contributed by atoms with E-state index in [2.05, 4.69) is 27.7 Å². The van der Waals surface area contributed by atoms with Gasteiger partial charge in [0.25, 0.3) is 0 Å². The fraction of sp³-hybridized carbons (Fsp3) is 0.933. The van der Waals surface area contributed by atoms with Crippen molar-refractivity contribution < 1.29 is 4.79 Å². The van der Waals surface area contributed by atoms with Gasteiger partial charge in [-0.25, -0.2) is 0 Å². The second kappa shape index (κ2) is 7.13. The van der Waals surface area contributed by atoms with Crippen LogP contribution in [-0.2, 0) is 4.79 Å². The number of carbonyl (C=O) groups is 1. The quantitative estimate of drug-likeness (QED) is 0.791. The molecule has 1 fully saturated rings. The molecular weight excluding hydrogens is 224 g/mol. The molecule has 1 amide bonds. The van der Waals surface area contributed by atoms with Crippen LogP contribution in [0.2, 0.25) is 0 Å². The van der Waals surface area contributed by atoms with Crippen molar-refractivity contribution in [3.05, 3.63) is 0 Å². The number of rotatable bonds is 6. The van der Waals surface area contributed by atoms with Crippen LogP contribution in [0.15, 0.2) is 0 Å². The molecule has 0 radical (unpaired) electrons. The average Bonchev–Trinajstić information content (AvgIpc) is 2.81. The Kier molecular flexibility index (Phi) is 6.13. The highest BCUT2D eigenvalue weighted by atomic mass is 16.2. The molecule has 0 bridgehead atoms. The van der Waals surface area contributed by atoms with Crippen molar-refractivity contribution in [3.8, 4) is 0 Å². The van der Waals surface area contributed by atoms with Crippen molar-refractivity contribution in [2.75, 3.05) is 19.6 Å². The van der Waals surface area contributed by atoms with Crippen LogP contribution in [0.1, 0.15) is 47.0 Å². The summed E-state index contributed by atoms with van der Waals surface area (Å²) in [6.45, 7) is 11.4. The number of carbonyl (C=O) groups excluding carboxylic acids is 1. The second-order valence-electron chi connectivity index (χ2n) is 6.35. The van der Waals surface area contributed by atoms with Gasteiger partial charge in [-0.1, -0.05) is 27.7 Å². The monoisotopic (exact) mass is 254 g/mol. The first kappa shape index (κ1) is 15.5. The third-order valence-corrected chi connectivity index (χ3v) is 4.32. The van der Waals surface area contributed by atoms with Gasteiger partial charge >= 0.3 is 0 Å². The molecule has 2 N–H and O–H groups in total. The number of hydrogen-bond acceptors (Lipinski definition) is 2. The first-order valence-electron chi connectivity index (χ1n) is 7.46. The van der Waals surface area contributed by atoms with Crippen LogP contribution >= 0.6 is 0 Å². The molecule has 0 saturated carbocycles. The van der Waals surface area contributed by atoms with Crippen LogP contribution < -0.4 is 5.73 Å². The van der Waals surface area contributed by atoms with E-state index < -0.39 is 0 Å². The Hall–Kier alpha value is -0.570. The predicted molar refractivity (Wildman–Crippen MR) is 76.1 cm³/mol. The minimum atomic E-state index is 0.0258. The summed E-state index contributed by atoms with van der Waals surface area (Å²) < 4.78 is 0. The molecule has 1 aliphatic rings. The van der Waals surface area contributed by atoms with Crippen molar-refractivity contribution in [2.24, 2.45) is 29.4 Å². The fourth-order valence-corrected chi connectivity index (χ4v) is 3.14. The van der Waals surface area contributed by atoms with E-state index in [9.17, 15) is 4.79 Å². The lowest BCUT2D eigenvalue weighted by molar-refractivity contribution is -0.134. The van der Waals surface area contributed by atoms with E-state index in [1.54, 1.807) is 0 Å².